The number of carbonyl (C=O) groups excluding carboxylic acids is 3. The van der Waals surface area contributed by atoms with Crippen molar-refractivity contribution in [1.29, 1.82) is 0 Å². The fourth-order valence-corrected chi connectivity index (χ4v) is 3.06. The Hall–Kier alpha value is -3.73. The van der Waals surface area contributed by atoms with Crippen LogP contribution in [-0.4, -0.2) is 24.8 Å². The van der Waals surface area contributed by atoms with E-state index in [0.717, 1.165) is 16.7 Å². The van der Waals surface area contributed by atoms with Crippen LogP contribution in [0.1, 0.15) is 39.1 Å². The topological polar surface area (TPSA) is 72.5 Å². The summed E-state index contributed by atoms with van der Waals surface area (Å²) in [6.45, 7) is 1.83. The normalized spacial score (nSPS) is 10.3. The van der Waals surface area contributed by atoms with Gasteiger partial charge in [-0.3, -0.25) is 9.59 Å². The van der Waals surface area contributed by atoms with E-state index in [0.29, 0.717) is 16.8 Å². The minimum atomic E-state index is -0.473. The predicted molar refractivity (Wildman–Crippen MR) is 117 cm³/mol. The van der Waals surface area contributed by atoms with Crippen LogP contribution in [0, 0.1) is 6.92 Å². The summed E-state index contributed by atoms with van der Waals surface area (Å²) < 4.78 is 4.70. The van der Waals surface area contributed by atoms with Gasteiger partial charge in [0.15, 0.2) is 5.78 Å². The summed E-state index contributed by atoms with van der Waals surface area (Å²) >= 11 is 0. The number of aryl methyl sites for hydroxylation is 1. The number of ketones is 1. The van der Waals surface area contributed by atoms with Gasteiger partial charge in [0.1, 0.15) is 0 Å². The molecule has 0 heterocycles. The zero-order valence-corrected chi connectivity index (χ0v) is 17.0. The third kappa shape index (κ3) is 5.20. The summed E-state index contributed by atoms with van der Waals surface area (Å²) in [6.07, 6.45) is 0.160. The molecule has 0 radical (unpaired) electrons. The largest absolute Gasteiger partial charge is 0.465 e. The molecule has 1 N–H and O–H groups in total. The molecule has 0 bridgehead atoms. The van der Waals surface area contributed by atoms with Crippen LogP contribution in [0.5, 0.6) is 0 Å². The minimum Gasteiger partial charge on any atom is -0.465 e. The number of Topliss-reactive ketones (excluding diaryl/α,β-unsaturated/α-hetero) is 1. The number of nitrogens with one attached hydrogen (secondary N) is 1. The lowest BCUT2D eigenvalue weighted by Gasteiger charge is -2.10. The van der Waals surface area contributed by atoms with Crippen molar-refractivity contribution in [2.24, 2.45) is 0 Å². The van der Waals surface area contributed by atoms with Crippen LogP contribution in [0.15, 0.2) is 72.8 Å². The van der Waals surface area contributed by atoms with Crippen molar-refractivity contribution >= 4 is 23.3 Å². The Bertz CT molecular complexity index is 1060. The molecule has 3 aromatic rings. The van der Waals surface area contributed by atoms with Gasteiger partial charge in [0, 0.05) is 24.1 Å². The number of methoxy groups -OCH3 is 1. The molecule has 0 saturated carbocycles. The van der Waals surface area contributed by atoms with Crippen LogP contribution >= 0.6 is 0 Å². The fraction of sp³-hybridized carbons (Fsp3) is 0.160. The molecule has 3 rings (SSSR count). The maximum absolute atomic E-state index is 12.5. The van der Waals surface area contributed by atoms with E-state index in [1.165, 1.54) is 7.11 Å². The maximum Gasteiger partial charge on any atom is 0.337 e. The first kappa shape index (κ1) is 21.0. The smallest absolute Gasteiger partial charge is 0.337 e. The standard InChI is InChI=1S/C25H23NO4/c1-17-8-9-21(25(29)30-2)16-22(17)26-24(28)15-14-23(27)20-12-10-19(11-13-20)18-6-4-3-5-7-18/h3-13,16H,14-15H2,1-2H3,(H,26,28). The van der Waals surface area contributed by atoms with Gasteiger partial charge in [-0.1, -0.05) is 60.7 Å². The maximum atomic E-state index is 12.5. The lowest BCUT2D eigenvalue weighted by Crippen LogP contribution is -2.15. The van der Waals surface area contributed by atoms with Gasteiger partial charge >= 0.3 is 5.97 Å². The van der Waals surface area contributed by atoms with Gasteiger partial charge in [-0.25, -0.2) is 4.79 Å². The Morgan fingerprint density at radius 2 is 1.43 bits per heavy atom. The number of hydrogen-bond donors (Lipinski definition) is 1. The minimum absolute atomic E-state index is 0.0567. The number of esters is 1. The van der Waals surface area contributed by atoms with Crippen LogP contribution in [-0.2, 0) is 9.53 Å². The number of hydrogen-bond acceptors (Lipinski definition) is 4. The van der Waals surface area contributed by atoms with Crippen molar-refractivity contribution in [3.63, 3.8) is 0 Å². The third-order valence-corrected chi connectivity index (χ3v) is 4.83. The Labute approximate surface area is 175 Å². The second-order valence-electron chi connectivity index (χ2n) is 6.94. The number of amides is 1. The molecule has 5 heteroatoms. The van der Waals surface area contributed by atoms with Crippen molar-refractivity contribution in [1.82, 2.24) is 0 Å². The molecule has 0 unspecified atom stereocenters. The van der Waals surface area contributed by atoms with Crippen LogP contribution in [0.4, 0.5) is 5.69 Å². The van der Waals surface area contributed by atoms with E-state index in [-0.39, 0.29) is 24.5 Å². The van der Waals surface area contributed by atoms with Gasteiger partial charge in [0.05, 0.1) is 12.7 Å². The van der Waals surface area contributed by atoms with E-state index in [2.05, 4.69) is 5.32 Å². The van der Waals surface area contributed by atoms with Crippen LogP contribution < -0.4 is 5.32 Å². The molecular formula is C25H23NO4. The number of anilines is 1. The SMILES string of the molecule is COC(=O)c1ccc(C)c(NC(=O)CCC(=O)c2ccc(-c3ccccc3)cc2)c1. The third-order valence-electron chi connectivity index (χ3n) is 4.83. The van der Waals surface area contributed by atoms with Crippen LogP contribution in [0.25, 0.3) is 11.1 Å². The monoisotopic (exact) mass is 401 g/mol. The van der Waals surface area contributed by atoms with Crippen LogP contribution in [0.2, 0.25) is 0 Å². The molecule has 152 valence electrons. The van der Waals surface area contributed by atoms with E-state index < -0.39 is 5.97 Å². The van der Waals surface area contributed by atoms with Gasteiger partial charge in [-0.05, 0) is 35.7 Å². The first-order valence-corrected chi connectivity index (χ1v) is 9.65. The molecule has 1 amide bonds. The van der Waals surface area contributed by atoms with Gasteiger partial charge in [-0.15, -0.1) is 0 Å². The highest BCUT2D eigenvalue weighted by Gasteiger charge is 2.13. The summed E-state index contributed by atoms with van der Waals surface area (Å²) in [5.74, 6) is -0.848. The van der Waals surface area contributed by atoms with E-state index in [1.54, 1.807) is 30.3 Å². The Morgan fingerprint density at radius 1 is 0.800 bits per heavy atom. The lowest BCUT2D eigenvalue weighted by molar-refractivity contribution is -0.116. The predicted octanol–water partition coefficient (Wildman–Crippen LogP) is 5.05. The molecule has 0 aliphatic rings. The van der Waals surface area contributed by atoms with Gasteiger partial charge in [-0.2, -0.15) is 0 Å². The molecule has 30 heavy (non-hydrogen) atoms. The number of benzene rings is 3. The highest BCUT2D eigenvalue weighted by molar-refractivity contribution is 6.01. The molecule has 0 spiro atoms. The van der Waals surface area contributed by atoms with E-state index >= 15 is 0 Å². The molecule has 0 aliphatic carbocycles. The van der Waals surface area contributed by atoms with Crippen molar-refractivity contribution in [3.05, 3.63) is 89.5 Å². The van der Waals surface area contributed by atoms with E-state index in [1.807, 2.05) is 49.4 Å². The van der Waals surface area contributed by atoms with Gasteiger partial charge in [0.25, 0.3) is 0 Å². The summed E-state index contributed by atoms with van der Waals surface area (Å²) in [5.41, 5.74) is 4.40. The summed E-state index contributed by atoms with van der Waals surface area (Å²) in [5, 5.41) is 2.77. The Morgan fingerprint density at radius 3 is 2.10 bits per heavy atom. The average Bonchev–Trinajstić information content (AvgIpc) is 2.79. The second-order valence-corrected chi connectivity index (χ2v) is 6.94. The number of ether oxygens (including phenoxy) is 1. The zero-order chi connectivity index (χ0) is 21.5. The molecule has 0 saturated heterocycles. The highest BCUT2D eigenvalue weighted by atomic mass is 16.5. The molecular weight excluding hydrogens is 378 g/mol. The molecule has 3 aromatic carbocycles. The average molecular weight is 401 g/mol. The summed E-state index contributed by atoms with van der Waals surface area (Å²) in [6, 6.07) is 22.2. The highest BCUT2D eigenvalue weighted by Crippen LogP contribution is 2.21. The Balaban J connectivity index is 1.58. The van der Waals surface area contributed by atoms with Crippen LogP contribution in [0.3, 0.4) is 0 Å². The van der Waals surface area contributed by atoms with Crippen molar-refractivity contribution in [3.8, 4) is 11.1 Å². The summed E-state index contributed by atoms with van der Waals surface area (Å²) in [7, 11) is 1.30. The van der Waals surface area contributed by atoms with Crippen molar-refractivity contribution < 1.29 is 19.1 Å². The van der Waals surface area contributed by atoms with E-state index in [4.69, 9.17) is 4.74 Å². The lowest BCUT2D eigenvalue weighted by atomic mass is 10.0. The summed E-state index contributed by atoms with van der Waals surface area (Å²) in [4.78, 5) is 36.4. The first-order chi connectivity index (χ1) is 14.5. The zero-order valence-electron chi connectivity index (χ0n) is 17.0. The van der Waals surface area contributed by atoms with Gasteiger partial charge in [0.2, 0.25) is 5.91 Å². The molecule has 5 nitrogen and oxygen atoms in total. The van der Waals surface area contributed by atoms with Gasteiger partial charge < -0.3 is 10.1 Å². The number of rotatable bonds is 7. The van der Waals surface area contributed by atoms with Crippen molar-refractivity contribution in [2.45, 2.75) is 19.8 Å². The quantitative estimate of drug-likeness (QED) is 0.444. The Kier molecular flexibility index (Phi) is 6.75. The second kappa shape index (κ2) is 9.65. The number of carbonyl (C=O) groups is 3. The fourth-order valence-electron chi connectivity index (χ4n) is 3.06. The molecule has 0 fully saturated rings. The molecule has 0 aliphatic heterocycles. The first-order valence-electron chi connectivity index (χ1n) is 9.65. The van der Waals surface area contributed by atoms with Crippen molar-refractivity contribution in [2.75, 3.05) is 12.4 Å². The van der Waals surface area contributed by atoms with E-state index in [9.17, 15) is 14.4 Å². The molecule has 0 aromatic heterocycles. The molecule has 0 atom stereocenters.